The van der Waals surface area contributed by atoms with E-state index in [1.807, 2.05) is 0 Å². The number of likely N-dealkylation sites (N-methyl/N-ethyl adjacent to an activating group) is 1. The molecular weight excluding hydrogens is 298 g/mol. The summed E-state index contributed by atoms with van der Waals surface area (Å²) in [6.45, 7) is 3.18. The van der Waals surface area contributed by atoms with Gasteiger partial charge in [-0.15, -0.1) is 0 Å². The minimum absolute atomic E-state index is 0.424. The molecule has 1 nitrogen and oxygen atoms in total. The fourth-order valence-electron chi connectivity index (χ4n) is 2.98. The van der Waals surface area contributed by atoms with Crippen molar-refractivity contribution >= 4 is 15.9 Å². The summed E-state index contributed by atoms with van der Waals surface area (Å²) in [7, 11) is 0. The first-order chi connectivity index (χ1) is 9.29. The molecule has 3 rings (SSSR count). The fourth-order valence-corrected chi connectivity index (χ4v) is 3.24. The van der Waals surface area contributed by atoms with Gasteiger partial charge in [-0.1, -0.05) is 59.3 Å². The molecule has 0 radical (unpaired) electrons. The van der Waals surface area contributed by atoms with Crippen LogP contribution in [-0.2, 0) is 6.42 Å². The molecule has 2 aromatic carbocycles. The van der Waals surface area contributed by atoms with E-state index >= 15 is 0 Å². The molecule has 0 heterocycles. The van der Waals surface area contributed by atoms with Gasteiger partial charge in [0.1, 0.15) is 0 Å². The molecule has 1 aliphatic carbocycles. The average molecular weight is 316 g/mol. The van der Waals surface area contributed by atoms with E-state index in [-0.39, 0.29) is 0 Å². The Balaban J connectivity index is 1.89. The lowest BCUT2D eigenvalue weighted by Crippen LogP contribution is -2.33. The number of hydrogen-bond donors (Lipinski definition) is 1. The topological polar surface area (TPSA) is 12.0 Å². The third kappa shape index (κ3) is 2.47. The molecule has 0 spiro atoms. The van der Waals surface area contributed by atoms with E-state index in [0.29, 0.717) is 12.0 Å². The Morgan fingerprint density at radius 3 is 2.58 bits per heavy atom. The highest BCUT2D eigenvalue weighted by Crippen LogP contribution is 2.43. The lowest BCUT2D eigenvalue weighted by atomic mass is 9.72. The summed E-state index contributed by atoms with van der Waals surface area (Å²) in [5.41, 5.74) is 4.40. The first kappa shape index (κ1) is 12.9. The third-order valence-electron chi connectivity index (χ3n) is 3.95. The summed E-state index contributed by atoms with van der Waals surface area (Å²) in [6, 6.07) is 17.9. The Hall–Kier alpha value is -1.12. The molecule has 19 heavy (non-hydrogen) atoms. The van der Waals surface area contributed by atoms with Gasteiger partial charge in [-0.25, -0.2) is 0 Å². The Labute approximate surface area is 123 Å². The summed E-state index contributed by atoms with van der Waals surface area (Å²) in [5, 5.41) is 3.65. The Morgan fingerprint density at radius 1 is 1.16 bits per heavy atom. The second-order valence-corrected chi connectivity index (χ2v) is 6.01. The molecule has 0 aliphatic heterocycles. The van der Waals surface area contributed by atoms with Crippen LogP contribution in [0.5, 0.6) is 0 Å². The van der Waals surface area contributed by atoms with Crippen molar-refractivity contribution in [2.24, 2.45) is 0 Å². The fraction of sp³-hybridized carbons (Fsp3) is 0.294. The molecule has 1 aliphatic rings. The van der Waals surface area contributed by atoms with E-state index in [2.05, 4.69) is 76.7 Å². The first-order valence-corrected chi connectivity index (χ1v) is 7.65. The van der Waals surface area contributed by atoms with Gasteiger partial charge in [0.15, 0.2) is 0 Å². The highest BCUT2D eigenvalue weighted by molar-refractivity contribution is 9.10. The first-order valence-electron chi connectivity index (χ1n) is 6.86. The van der Waals surface area contributed by atoms with Gasteiger partial charge in [0.2, 0.25) is 0 Å². The molecule has 2 atom stereocenters. The lowest BCUT2D eigenvalue weighted by molar-refractivity contribution is 0.420. The van der Waals surface area contributed by atoms with Crippen LogP contribution in [0, 0.1) is 0 Å². The van der Waals surface area contributed by atoms with Crippen LogP contribution in [0.3, 0.4) is 0 Å². The lowest BCUT2D eigenvalue weighted by Gasteiger charge is -2.37. The average Bonchev–Trinajstić information content (AvgIpc) is 2.40. The number of halogens is 1. The molecule has 2 heteroatoms. The normalized spacial score (nSPS) is 18.5. The molecule has 0 saturated heterocycles. The third-order valence-corrected chi connectivity index (χ3v) is 4.48. The van der Waals surface area contributed by atoms with Gasteiger partial charge < -0.3 is 5.32 Å². The minimum atomic E-state index is 0.424. The second kappa shape index (κ2) is 5.48. The quantitative estimate of drug-likeness (QED) is 0.879. The van der Waals surface area contributed by atoms with E-state index in [0.717, 1.165) is 11.0 Å². The van der Waals surface area contributed by atoms with Gasteiger partial charge in [-0.2, -0.15) is 0 Å². The van der Waals surface area contributed by atoms with Gasteiger partial charge in [-0.05, 0) is 41.8 Å². The van der Waals surface area contributed by atoms with Crippen LogP contribution in [0.4, 0.5) is 0 Å². The van der Waals surface area contributed by atoms with Gasteiger partial charge in [0.05, 0.1) is 0 Å². The van der Waals surface area contributed by atoms with Crippen LogP contribution in [0.1, 0.15) is 35.6 Å². The summed E-state index contributed by atoms with van der Waals surface area (Å²) < 4.78 is 1.14. The summed E-state index contributed by atoms with van der Waals surface area (Å²) >= 11 is 3.51. The predicted octanol–water partition coefficient (Wildman–Crippen LogP) is 4.44. The van der Waals surface area contributed by atoms with Crippen LogP contribution >= 0.6 is 15.9 Å². The number of fused-ring (bicyclic) bond motifs is 1. The Kier molecular flexibility index (Phi) is 3.72. The number of rotatable bonds is 4. The Bertz CT molecular complexity index is 562. The van der Waals surface area contributed by atoms with Crippen molar-refractivity contribution in [3.8, 4) is 0 Å². The molecular formula is C17H18BrN. The maximum atomic E-state index is 3.65. The molecule has 2 unspecified atom stereocenters. The second-order valence-electron chi connectivity index (χ2n) is 5.10. The highest BCUT2D eigenvalue weighted by Gasteiger charge is 2.32. The van der Waals surface area contributed by atoms with Crippen molar-refractivity contribution < 1.29 is 0 Å². The smallest absolute Gasteiger partial charge is 0.0392 e. The van der Waals surface area contributed by atoms with Crippen LogP contribution in [0.15, 0.2) is 53.0 Å². The molecule has 2 aromatic rings. The molecule has 0 saturated carbocycles. The molecule has 0 amide bonds. The number of hydrogen-bond acceptors (Lipinski definition) is 1. The van der Waals surface area contributed by atoms with Gasteiger partial charge >= 0.3 is 0 Å². The zero-order chi connectivity index (χ0) is 13.2. The SMILES string of the molecule is CCNC(c1ccc(Br)cc1)C1Cc2ccccc21. The molecule has 1 N–H and O–H groups in total. The number of benzene rings is 2. The maximum absolute atomic E-state index is 3.65. The van der Waals surface area contributed by atoms with Crippen LogP contribution in [0.2, 0.25) is 0 Å². The van der Waals surface area contributed by atoms with Gasteiger partial charge in [0, 0.05) is 16.4 Å². The van der Waals surface area contributed by atoms with Crippen molar-refractivity contribution in [2.45, 2.75) is 25.3 Å². The van der Waals surface area contributed by atoms with E-state index in [1.165, 1.54) is 23.1 Å². The molecule has 0 aromatic heterocycles. The van der Waals surface area contributed by atoms with Crippen molar-refractivity contribution in [2.75, 3.05) is 6.54 Å². The van der Waals surface area contributed by atoms with E-state index < -0.39 is 0 Å². The highest BCUT2D eigenvalue weighted by atomic mass is 79.9. The standard InChI is InChI=1S/C17H18BrN/c1-2-19-17(12-7-9-14(18)10-8-12)16-11-13-5-3-4-6-15(13)16/h3-10,16-17,19H,2,11H2,1H3. The van der Waals surface area contributed by atoms with E-state index in [9.17, 15) is 0 Å². The van der Waals surface area contributed by atoms with Crippen LogP contribution in [0.25, 0.3) is 0 Å². The van der Waals surface area contributed by atoms with E-state index in [4.69, 9.17) is 0 Å². The summed E-state index contributed by atoms with van der Waals surface area (Å²) in [6.07, 6.45) is 1.18. The summed E-state index contributed by atoms with van der Waals surface area (Å²) in [5.74, 6) is 0.609. The molecule has 0 fully saturated rings. The number of nitrogens with one attached hydrogen (secondary N) is 1. The zero-order valence-electron chi connectivity index (χ0n) is 11.1. The Morgan fingerprint density at radius 2 is 1.89 bits per heavy atom. The van der Waals surface area contributed by atoms with Gasteiger partial charge in [-0.3, -0.25) is 0 Å². The van der Waals surface area contributed by atoms with Gasteiger partial charge in [0.25, 0.3) is 0 Å². The predicted molar refractivity (Wildman–Crippen MR) is 83.4 cm³/mol. The minimum Gasteiger partial charge on any atom is -0.310 e. The van der Waals surface area contributed by atoms with Crippen molar-refractivity contribution in [1.82, 2.24) is 5.32 Å². The largest absolute Gasteiger partial charge is 0.310 e. The van der Waals surface area contributed by atoms with E-state index in [1.54, 1.807) is 0 Å². The monoisotopic (exact) mass is 315 g/mol. The van der Waals surface area contributed by atoms with Crippen molar-refractivity contribution in [3.05, 3.63) is 69.7 Å². The van der Waals surface area contributed by atoms with Crippen molar-refractivity contribution in [1.29, 1.82) is 0 Å². The zero-order valence-corrected chi connectivity index (χ0v) is 12.7. The van der Waals surface area contributed by atoms with Crippen molar-refractivity contribution in [3.63, 3.8) is 0 Å². The van der Waals surface area contributed by atoms with Crippen LogP contribution < -0.4 is 5.32 Å². The van der Waals surface area contributed by atoms with Crippen LogP contribution in [-0.4, -0.2) is 6.54 Å². The maximum Gasteiger partial charge on any atom is 0.0392 e. The molecule has 0 bridgehead atoms. The summed E-state index contributed by atoms with van der Waals surface area (Å²) in [4.78, 5) is 0. The molecule has 98 valence electrons.